The number of hydrogen-bond donors (Lipinski definition) is 1. The first-order chi connectivity index (χ1) is 16.5. The molecule has 3 aromatic rings. The molecule has 0 aliphatic carbocycles. The Morgan fingerprint density at radius 2 is 1.62 bits per heavy atom. The van der Waals surface area contributed by atoms with E-state index in [4.69, 9.17) is 18.9 Å². The average Bonchev–Trinajstić information content (AvgIpc) is 3.41. The molecule has 172 valence electrons. The van der Waals surface area contributed by atoms with E-state index in [0.29, 0.717) is 39.9 Å². The second kappa shape index (κ2) is 8.47. The van der Waals surface area contributed by atoms with Gasteiger partial charge in [0.15, 0.2) is 11.5 Å². The summed E-state index contributed by atoms with van der Waals surface area (Å²) in [6.07, 6.45) is 0. The van der Waals surface area contributed by atoms with Crippen LogP contribution in [0.2, 0.25) is 0 Å². The maximum atomic E-state index is 13.8. The van der Waals surface area contributed by atoms with Crippen LogP contribution in [0.15, 0.2) is 66.4 Å². The molecule has 0 radical (unpaired) electrons. The summed E-state index contributed by atoms with van der Waals surface area (Å²) in [5.74, 6) is 1.06. The fourth-order valence-electron chi connectivity index (χ4n) is 4.06. The van der Waals surface area contributed by atoms with Crippen LogP contribution >= 0.6 is 0 Å². The number of nitrogens with one attached hydrogen (secondary N) is 1. The molecule has 0 unspecified atom stereocenters. The molecule has 1 N–H and O–H groups in total. The number of fused-ring (bicyclic) bond motifs is 1. The summed E-state index contributed by atoms with van der Waals surface area (Å²) >= 11 is 0. The fraction of sp³-hybridized carbons (Fsp3) is 0.154. The Balaban J connectivity index is 1.65. The van der Waals surface area contributed by atoms with Crippen LogP contribution in [-0.4, -0.2) is 32.8 Å². The summed E-state index contributed by atoms with van der Waals surface area (Å²) in [5.41, 5.74) is 2.65. The molecule has 0 saturated heterocycles. The van der Waals surface area contributed by atoms with Crippen molar-refractivity contribution in [1.29, 1.82) is 0 Å². The van der Waals surface area contributed by atoms with E-state index in [2.05, 4.69) is 5.32 Å². The number of aryl methyl sites for hydroxylation is 1. The third kappa shape index (κ3) is 3.49. The first-order valence-electron chi connectivity index (χ1n) is 10.6. The Bertz CT molecular complexity index is 1350. The van der Waals surface area contributed by atoms with Gasteiger partial charge in [0.1, 0.15) is 17.2 Å². The van der Waals surface area contributed by atoms with Crippen molar-refractivity contribution in [2.45, 2.75) is 6.92 Å². The molecule has 0 bridgehead atoms. The van der Waals surface area contributed by atoms with E-state index in [0.717, 1.165) is 10.5 Å². The molecular weight excluding hydrogens is 436 g/mol. The third-order valence-corrected chi connectivity index (χ3v) is 5.68. The number of ether oxygens (including phenoxy) is 4. The number of benzene rings is 3. The van der Waals surface area contributed by atoms with Crippen LogP contribution in [-0.2, 0) is 9.59 Å². The van der Waals surface area contributed by atoms with Gasteiger partial charge >= 0.3 is 0 Å². The molecule has 3 aromatic carbocycles. The molecule has 34 heavy (non-hydrogen) atoms. The summed E-state index contributed by atoms with van der Waals surface area (Å²) in [6.45, 7) is 2.01. The lowest BCUT2D eigenvalue weighted by Crippen LogP contribution is -2.32. The number of imide groups is 1. The summed E-state index contributed by atoms with van der Waals surface area (Å²) in [7, 11) is 3.02. The molecule has 2 aliphatic rings. The van der Waals surface area contributed by atoms with E-state index in [9.17, 15) is 9.59 Å². The standard InChI is InChI=1S/C26H22N2O6/c1-15-8-10-20(32-3)18(12-15)28-25(29)23(17-6-4-5-7-19(17)31-2)24(26(28)30)27-16-9-11-21-22(13-16)34-14-33-21/h4-13,27H,14H2,1-3H3. The summed E-state index contributed by atoms with van der Waals surface area (Å²) in [6, 6.07) is 17.6. The van der Waals surface area contributed by atoms with E-state index in [-0.39, 0.29) is 18.1 Å². The Morgan fingerprint density at radius 3 is 2.41 bits per heavy atom. The summed E-state index contributed by atoms with van der Waals surface area (Å²) in [5, 5.41) is 3.14. The van der Waals surface area contributed by atoms with Crippen molar-refractivity contribution in [2.24, 2.45) is 0 Å². The highest BCUT2D eigenvalue weighted by Crippen LogP contribution is 2.41. The largest absolute Gasteiger partial charge is 0.496 e. The van der Waals surface area contributed by atoms with Crippen molar-refractivity contribution in [3.05, 3.63) is 77.5 Å². The van der Waals surface area contributed by atoms with Gasteiger partial charge in [-0.1, -0.05) is 24.3 Å². The van der Waals surface area contributed by atoms with Crippen LogP contribution in [0.3, 0.4) is 0 Å². The first-order valence-corrected chi connectivity index (χ1v) is 10.6. The van der Waals surface area contributed by atoms with Crippen molar-refractivity contribution in [3.8, 4) is 23.0 Å². The monoisotopic (exact) mass is 458 g/mol. The molecule has 0 fully saturated rings. The van der Waals surface area contributed by atoms with Gasteiger partial charge in [0, 0.05) is 17.3 Å². The Hall–Kier alpha value is -4.46. The third-order valence-electron chi connectivity index (χ3n) is 5.68. The number of carbonyl (C=O) groups excluding carboxylic acids is 2. The topological polar surface area (TPSA) is 86.3 Å². The molecular formula is C26H22N2O6. The maximum Gasteiger partial charge on any atom is 0.282 e. The number of methoxy groups -OCH3 is 2. The van der Waals surface area contributed by atoms with Gasteiger partial charge in [0.05, 0.1) is 25.5 Å². The average molecular weight is 458 g/mol. The highest BCUT2D eigenvalue weighted by atomic mass is 16.7. The number of amides is 2. The van der Waals surface area contributed by atoms with Crippen LogP contribution in [0.1, 0.15) is 11.1 Å². The smallest absolute Gasteiger partial charge is 0.282 e. The summed E-state index contributed by atoms with van der Waals surface area (Å²) in [4.78, 5) is 28.7. The van der Waals surface area contributed by atoms with E-state index < -0.39 is 11.8 Å². The van der Waals surface area contributed by atoms with Crippen LogP contribution in [0, 0.1) is 6.92 Å². The van der Waals surface area contributed by atoms with E-state index in [1.54, 1.807) is 54.6 Å². The molecule has 0 spiro atoms. The van der Waals surface area contributed by atoms with Crippen molar-refractivity contribution < 1.29 is 28.5 Å². The number of para-hydroxylation sites is 1. The van der Waals surface area contributed by atoms with Gasteiger partial charge in [0.2, 0.25) is 6.79 Å². The zero-order chi connectivity index (χ0) is 23.8. The number of rotatable bonds is 6. The minimum absolute atomic E-state index is 0.122. The molecule has 2 amide bonds. The zero-order valence-corrected chi connectivity index (χ0v) is 18.9. The SMILES string of the molecule is COc1ccccc1C1=C(Nc2ccc3c(c2)OCO3)C(=O)N(c2cc(C)ccc2OC)C1=O. The van der Waals surface area contributed by atoms with Gasteiger partial charge < -0.3 is 24.3 Å². The molecule has 8 nitrogen and oxygen atoms in total. The second-order valence-electron chi connectivity index (χ2n) is 7.76. The molecule has 0 saturated carbocycles. The minimum Gasteiger partial charge on any atom is -0.496 e. The normalized spacial score (nSPS) is 14.6. The summed E-state index contributed by atoms with van der Waals surface area (Å²) < 4.78 is 21.8. The first kappa shape index (κ1) is 21.4. The van der Waals surface area contributed by atoms with Crippen LogP contribution in [0.4, 0.5) is 11.4 Å². The van der Waals surface area contributed by atoms with Gasteiger partial charge in [-0.2, -0.15) is 0 Å². The predicted octanol–water partition coefficient (Wildman–Crippen LogP) is 4.14. The van der Waals surface area contributed by atoms with Crippen LogP contribution in [0.25, 0.3) is 5.57 Å². The number of carbonyl (C=O) groups is 2. The highest BCUT2D eigenvalue weighted by Gasteiger charge is 2.42. The lowest BCUT2D eigenvalue weighted by atomic mass is 10.0. The number of hydrogen-bond acceptors (Lipinski definition) is 7. The Labute approximate surface area is 196 Å². The predicted molar refractivity (Wildman–Crippen MR) is 126 cm³/mol. The Kier molecular flexibility index (Phi) is 5.33. The van der Waals surface area contributed by atoms with Gasteiger partial charge in [-0.25, -0.2) is 4.90 Å². The van der Waals surface area contributed by atoms with Crippen molar-refractivity contribution >= 4 is 28.8 Å². The van der Waals surface area contributed by atoms with Gasteiger partial charge in [0.25, 0.3) is 11.8 Å². The van der Waals surface area contributed by atoms with E-state index in [1.165, 1.54) is 14.2 Å². The van der Waals surface area contributed by atoms with Gasteiger partial charge in [-0.3, -0.25) is 9.59 Å². The molecule has 0 atom stereocenters. The molecule has 2 heterocycles. The number of anilines is 2. The second-order valence-corrected chi connectivity index (χ2v) is 7.76. The lowest BCUT2D eigenvalue weighted by Gasteiger charge is -2.19. The van der Waals surface area contributed by atoms with Gasteiger partial charge in [-0.15, -0.1) is 0 Å². The van der Waals surface area contributed by atoms with Crippen molar-refractivity contribution in [1.82, 2.24) is 0 Å². The molecule has 5 rings (SSSR count). The van der Waals surface area contributed by atoms with Crippen molar-refractivity contribution in [3.63, 3.8) is 0 Å². The molecule has 8 heteroatoms. The Morgan fingerprint density at radius 1 is 0.853 bits per heavy atom. The number of nitrogens with zero attached hydrogens (tertiary/aromatic N) is 1. The lowest BCUT2D eigenvalue weighted by molar-refractivity contribution is -0.120. The fourth-order valence-corrected chi connectivity index (χ4v) is 4.06. The quantitative estimate of drug-likeness (QED) is 0.556. The maximum absolute atomic E-state index is 13.8. The van der Waals surface area contributed by atoms with E-state index in [1.807, 2.05) is 13.0 Å². The van der Waals surface area contributed by atoms with Crippen molar-refractivity contribution in [2.75, 3.05) is 31.2 Å². The zero-order valence-electron chi connectivity index (χ0n) is 18.9. The highest BCUT2D eigenvalue weighted by molar-refractivity contribution is 6.46. The van der Waals surface area contributed by atoms with Gasteiger partial charge in [-0.05, 0) is 42.8 Å². The van der Waals surface area contributed by atoms with Crippen LogP contribution in [0.5, 0.6) is 23.0 Å². The molecule has 2 aliphatic heterocycles. The van der Waals surface area contributed by atoms with E-state index >= 15 is 0 Å². The van der Waals surface area contributed by atoms with Crippen LogP contribution < -0.4 is 29.2 Å². The molecule has 0 aromatic heterocycles. The minimum atomic E-state index is -0.507.